The first kappa shape index (κ1) is 19.1. The van der Waals surface area contributed by atoms with Gasteiger partial charge in [-0.05, 0) is 48.5 Å². The van der Waals surface area contributed by atoms with Crippen LogP contribution >= 0.6 is 11.3 Å². The highest BCUT2D eigenvalue weighted by Gasteiger charge is 2.14. The number of amides is 1. The zero-order valence-corrected chi connectivity index (χ0v) is 16.4. The number of aromatic nitrogens is 1. The van der Waals surface area contributed by atoms with Gasteiger partial charge in [-0.25, -0.2) is 13.4 Å². The summed E-state index contributed by atoms with van der Waals surface area (Å²) in [4.78, 5) is 17.0. The largest absolute Gasteiger partial charge is 0.497 e. The number of hydrogen-bond acceptors (Lipinski definition) is 6. The topological polar surface area (TPSA) is 85.4 Å². The molecule has 0 aliphatic carbocycles. The first-order valence-electron chi connectivity index (χ1n) is 8.17. The summed E-state index contributed by atoms with van der Waals surface area (Å²) < 4.78 is 28.8. The average molecular weight is 402 g/mol. The Labute approximate surface area is 161 Å². The van der Waals surface area contributed by atoms with Crippen molar-refractivity contribution in [3.8, 4) is 17.0 Å². The van der Waals surface area contributed by atoms with E-state index in [2.05, 4.69) is 10.3 Å². The summed E-state index contributed by atoms with van der Waals surface area (Å²) >= 11 is 1.32. The fourth-order valence-corrected chi connectivity index (χ4v) is 3.97. The molecule has 6 nitrogen and oxygen atoms in total. The monoisotopic (exact) mass is 402 g/mol. The van der Waals surface area contributed by atoms with Gasteiger partial charge in [0, 0.05) is 16.5 Å². The molecule has 0 unspecified atom stereocenters. The Kier molecular flexibility index (Phi) is 5.57. The first-order valence-corrected chi connectivity index (χ1v) is 10.7. The van der Waals surface area contributed by atoms with E-state index in [-0.39, 0.29) is 16.6 Å². The van der Waals surface area contributed by atoms with Crippen LogP contribution in [-0.4, -0.2) is 32.2 Å². The van der Waals surface area contributed by atoms with Gasteiger partial charge in [0.15, 0.2) is 15.0 Å². The second-order valence-corrected chi connectivity index (χ2v) is 8.78. The van der Waals surface area contributed by atoms with E-state index in [1.165, 1.54) is 35.6 Å². The molecule has 8 heteroatoms. The van der Waals surface area contributed by atoms with Crippen LogP contribution in [0.1, 0.15) is 17.3 Å². The number of hydrogen-bond donors (Lipinski definition) is 1. The van der Waals surface area contributed by atoms with Crippen LogP contribution in [-0.2, 0) is 9.84 Å². The Bertz CT molecular complexity index is 1040. The zero-order chi connectivity index (χ0) is 19.4. The summed E-state index contributed by atoms with van der Waals surface area (Å²) in [5, 5.41) is 5.06. The third kappa shape index (κ3) is 4.35. The summed E-state index contributed by atoms with van der Waals surface area (Å²) in [5.74, 6) is 0.438. The van der Waals surface area contributed by atoms with Crippen LogP contribution in [0.4, 0.5) is 5.13 Å². The van der Waals surface area contributed by atoms with E-state index in [0.717, 1.165) is 17.0 Å². The molecule has 0 saturated carbocycles. The van der Waals surface area contributed by atoms with Crippen molar-refractivity contribution in [3.05, 3.63) is 59.5 Å². The number of sulfone groups is 1. The molecule has 140 valence electrons. The number of benzene rings is 2. The molecule has 1 amide bonds. The predicted molar refractivity (Wildman–Crippen MR) is 106 cm³/mol. The number of nitrogens with zero attached hydrogens (tertiary/aromatic N) is 1. The first-order chi connectivity index (χ1) is 12.9. The molecule has 0 bridgehead atoms. The Balaban J connectivity index is 1.72. The van der Waals surface area contributed by atoms with E-state index < -0.39 is 9.84 Å². The van der Waals surface area contributed by atoms with Crippen molar-refractivity contribution in [2.75, 3.05) is 18.2 Å². The molecule has 0 aliphatic rings. The quantitative estimate of drug-likeness (QED) is 0.677. The molecule has 0 spiro atoms. The Morgan fingerprint density at radius 3 is 2.37 bits per heavy atom. The van der Waals surface area contributed by atoms with Crippen LogP contribution in [0.5, 0.6) is 5.75 Å². The third-order valence-corrected chi connectivity index (χ3v) is 6.47. The highest BCUT2D eigenvalue weighted by atomic mass is 32.2. The van der Waals surface area contributed by atoms with Crippen LogP contribution in [0.3, 0.4) is 0 Å². The van der Waals surface area contributed by atoms with E-state index in [4.69, 9.17) is 4.74 Å². The second kappa shape index (κ2) is 7.89. The summed E-state index contributed by atoms with van der Waals surface area (Å²) in [7, 11) is -1.68. The Morgan fingerprint density at radius 2 is 1.78 bits per heavy atom. The number of thiazole rings is 1. The number of rotatable bonds is 6. The fraction of sp³-hybridized carbons (Fsp3) is 0.158. The molecule has 3 aromatic rings. The van der Waals surface area contributed by atoms with Crippen LogP contribution < -0.4 is 10.1 Å². The molecule has 2 aromatic carbocycles. The van der Waals surface area contributed by atoms with E-state index in [9.17, 15) is 13.2 Å². The maximum absolute atomic E-state index is 12.4. The lowest BCUT2D eigenvalue weighted by Crippen LogP contribution is -2.12. The smallest absolute Gasteiger partial charge is 0.257 e. The van der Waals surface area contributed by atoms with Crippen LogP contribution in [0.15, 0.2) is 58.8 Å². The number of ether oxygens (including phenoxy) is 1. The Hall–Kier alpha value is -2.71. The lowest BCUT2D eigenvalue weighted by molar-refractivity contribution is 0.102. The van der Waals surface area contributed by atoms with Gasteiger partial charge in [0.05, 0.1) is 23.5 Å². The van der Waals surface area contributed by atoms with Crippen molar-refractivity contribution in [3.63, 3.8) is 0 Å². The van der Waals surface area contributed by atoms with Crippen LogP contribution in [0.2, 0.25) is 0 Å². The molecule has 0 fully saturated rings. The molecule has 0 atom stereocenters. The van der Waals surface area contributed by atoms with Gasteiger partial charge in [-0.3, -0.25) is 10.1 Å². The minimum atomic E-state index is -3.28. The molecule has 0 saturated heterocycles. The van der Waals surface area contributed by atoms with E-state index >= 15 is 0 Å². The normalized spacial score (nSPS) is 11.2. The molecule has 1 heterocycles. The molecule has 0 radical (unpaired) electrons. The number of anilines is 1. The minimum absolute atomic E-state index is 0.0196. The maximum Gasteiger partial charge on any atom is 0.257 e. The molecular weight excluding hydrogens is 384 g/mol. The number of carbonyl (C=O) groups is 1. The average Bonchev–Trinajstić information content (AvgIpc) is 3.16. The van der Waals surface area contributed by atoms with Crippen LogP contribution in [0.25, 0.3) is 11.3 Å². The van der Waals surface area contributed by atoms with Gasteiger partial charge in [0.1, 0.15) is 5.75 Å². The molecule has 27 heavy (non-hydrogen) atoms. The van der Waals surface area contributed by atoms with Crippen molar-refractivity contribution in [1.82, 2.24) is 4.98 Å². The lowest BCUT2D eigenvalue weighted by atomic mass is 10.2. The number of nitrogens with one attached hydrogen (secondary N) is 1. The van der Waals surface area contributed by atoms with Gasteiger partial charge in [0.25, 0.3) is 5.91 Å². The number of methoxy groups -OCH3 is 1. The Morgan fingerprint density at radius 1 is 1.11 bits per heavy atom. The highest BCUT2D eigenvalue weighted by molar-refractivity contribution is 7.91. The summed E-state index contributed by atoms with van der Waals surface area (Å²) in [6.45, 7) is 1.58. The summed E-state index contributed by atoms with van der Waals surface area (Å²) in [5.41, 5.74) is 2.04. The van der Waals surface area contributed by atoms with Crippen molar-refractivity contribution in [2.24, 2.45) is 0 Å². The van der Waals surface area contributed by atoms with Crippen molar-refractivity contribution in [2.45, 2.75) is 11.8 Å². The van der Waals surface area contributed by atoms with Gasteiger partial charge in [-0.2, -0.15) is 0 Å². The minimum Gasteiger partial charge on any atom is -0.497 e. The lowest BCUT2D eigenvalue weighted by Gasteiger charge is -2.04. The fourth-order valence-electron chi connectivity index (χ4n) is 2.38. The third-order valence-electron chi connectivity index (χ3n) is 3.97. The van der Waals surface area contributed by atoms with E-state index in [1.807, 2.05) is 29.6 Å². The van der Waals surface area contributed by atoms with Crippen molar-refractivity contribution >= 4 is 32.2 Å². The van der Waals surface area contributed by atoms with Gasteiger partial charge >= 0.3 is 0 Å². The molecular formula is C19H18N2O4S2. The molecule has 3 rings (SSSR count). The van der Waals surface area contributed by atoms with E-state index in [1.54, 1.807) is 14.0 Å². The second-order valence-electron chi connectivity index (χ2n) is 5.65. The predicted octanol–water partition coefficient (Wildman–Crippen LogP) is 3.86. The van der Waals surface area contributed by atoms with Gasteiger partial charge < -0.3 is 4.74 Å². The highest BCUT2D eigenvalue weighted by Crippen LogP contribution is 2.26. The number of carbonyl (C=O) groups excluding carboxylic acids is 1. The molecule has 0 aliphatic heterocycles. The van der Waals surface area contributed by atoms with E-state index in [0.29, 0.717) is 10.7 Å². The van der Waals surface area contributed by atoms with Gasteiger partial charge in [-0.1, -0.05) is 6.92 Å². The SMILES string of the molecule is CCS(=O)(=O)c1ccc(C(=O)Nc2nc(-c3ccc(OC)cc3)cs2)cc1. The van der Waals surface area contributed by atoms with Gasteiger partial charge in [-0.15, -0.1) is 11.3 Å². The van der Waals surface area contributed by atoms with Crippen molar-refractivity contribution < 1.29 is 17.9 Å². The maximum atomic E-state index is 12.4. The molecule has 1 N–H and O–H groups in total. The van der Waals surface area contributed by atoms with Crippen molar-refractivity contribution in [1.29, 1.82) is 0 Å². The molecule has 1 aromatic heterocycles. The van der Waals surface area contributed by atoms with Crippen LogP contribution in [0, 0.1) is 0 Å². The zero-order valence-electron chi connectivity index (χ0n) is 14.8. The summed E-state index contributed by atoms with van der Waals surface area (Å²) in [6.07, 6.45) is 0. The standard InChI is InChI=1S/C19H18N2O4S2/c1-3-27(23,24)16-10-6-14(7-11-16)18(22)21-19-20-17(12-26-19)13-4-8-15(25-2)9-5-13/h4-12H,3H2,1-2H3,(H,20,21,22). The van der Waals surface area contributed by atoms with Gasteiger partial charge in [0.2, 0.25) is 0 Å². The summed E-state index contributed by atoms with van der Waals surface area (Å²) in [6, 6.07) is 13.4.